The van der Waals surface area contributed by atoms with Crippen LogP contribution < -0.4 is 5.73 Å². The molecule has 3 N–H and O–H groups in total. The number of aliphatic hydroxyl groups is 1. The summed E-state index contributed by atoms with van der Waals surface area (Å²) in [5.41, 5.74) is 6.97. The molecule has 0 saturated heterocycles. The van der Waals surface area contributed by atoms with Crippen LogP contribution in [-0.4, -0.2) is 10.1 Å². The van der Waals surface area contributed by atoms with Gasteiger partial charge in [0, 0.05) is 17.1 Å². The Balaban J connectivity index is 2.76. The van der Waals surface area contributed by atoms with Gasteiger partial charge in [0.1, 0.15) is 6.23 Å². The minimum absolute atomic E-state index is 0.714. The van der Waals surface area contributed by atoms with E-state index in [9.17, 15) is 5.11 Å². The Bertz CT molecular complexity index is 421. The SMILES string of the molecule is NC(O)c1ccnc2ccccc12. The van der Waals surface area contributed by atoms with Crippen LogP contribution in [0.25, 0.3) is 10.9 Å². The largest absolute Gasteiger partial charge is 0.375 e. The Hall–Kier alpha value is -1.45. The predicted octanol–water partition coefficient (Wildman–Crippen LogP) is 1.18. The second-order valence-corrected chi connectivity index (χ2v) is 2.86. The zero-order valence-electron chi connectivity index (χ0n) is 7.01. The van der Waals surface area contributed by atoms with Gasteiger partial charge < -0.3 is 10.8 Å². The van der Waals surface area contributed by atoms with Gasteiger partial charge in [0.15, 0.2) is 0 Å². The van der Waals surface area contributed by atoms with Gasteiger partial charge in [-0.25, -0.2) is 0 Å². The zero-order valence-corrected chi connectivity index (χ0v) is 7.01. The summed E-state index contributed by atoms with van der Waals surface area (Å²) < 4.78 is 0. The highest BCUT2D eigenvalue weighted by Crippen LogP contribution is 2.19. The van der Waals surface area contributed by atoms with E-state index in [2.05, 4.69) is 4.98 Å². The van der Waals surface area contributed by atoms with Crippen molar-refractivity contribution in [1.29, 1.82) is 0 Å². The van der Waals surface area contributed by atoms with Crippen molar-refractivity contribution in [2.75, 3.05) is 0 Å². The van der Waals surface area contributed by atoms with E-state index in [-0.39, 0.29) is 0 Å². The molecule has 0 aliphatic heterocycles. The summed E-state index contributed by atoms with van der Waals surface area (Å²) >= 11 is 0. The van der Waals surface area contributed by atoms with E-state index in [1.165, 1.54) is 0 Å². The van der Waals surface area contributed by atoms with Crippen LogP contribution in [0, 0.1) is 0 Å². The van der Waals surface area contributed by atoms with Crippen molar-refractivity contribution >= 4 is 10.9 Å². The van der Waals surface area contributed by atoms with Crippen LogP contribution in [0.3, 0.4) is 0 Å². The van der Waals surface area contributed by atoms with E-state index < -0.39 is 6.23 Å². The molecule has 1 atom stereocenters. The number of aliphatic hydroxyl groups excluding tert-OH is 1. The molecule has 0 radical (unpaired) electrons. The summed E-state index contributed by atoms with van der Waals surface area (Å²) in [7, 11) is 0. The summed E-state index contributed by atoms with van der Waals surface area (Å²) in [6.45, 7) is 0. The first-order chi connectivity index (χ1) is 6.29. The van der Waals surface area contributed by atoms with Gasteiger partial charge in [-0.2, -0.15) is 0 Å². The molecule has 0 saturated carbocycles. The van der Waals surface area contributed by atoms with E-state index in [1.807, 2.05) is 24.3 Å². The summed E-state index contributed by atoms with van der Waals surface area (Å²) in [4.78, 5) is 4.16. The fourth-order valence-corrected chi connectivity index (χ4v) is 1.38. The first-order valence-electron chi connectivity index (χ1n) is 4.06. The van der Waals surface area contributed by atoms with Crippen LogP contribution in [0.4, 0.5) is 0 Å². The van der Waals surface area contributed by atoms with Crippen molar-refractivity contribution in [2.24, 2.45) is 5.73 Å². The van der Waals surface area contributed by atoms with Crippen LogP contribution >= 0.6 is 0 Å². The van der Waals surface area contributed by atoms with Gasteiger partial charge in [0.2, 0.25) is 0 Å². The quantitative estimate of drug-likeness (QED) is 0.638. The molecule has 1 unspecified atom stereocenters. The Labute approximate surface area is 75.8 Å². The minimum Gasteiger partial charge on any atom is -0.375 e. The van der Waals surface area contributed by atoms with E-state index in [0.29, 0.717) is 5.56 Å². The maximum atomic E-state index is 9.27. The Morgan fingerprint density at radius 3 is 2.77 bits per heavy atom. The van der Waals surface area contributed by atoms with Crippen molar-refractivity contribution in [3.05, 3.63) is 42.1 Å². The lowest BCUT2D eigenvalue weighted by Gasteiger charge is -2.07. The monoisotopic (exact) mass is 174 g/mol. The van der Waals surface area contributed by atoms with Gasteiger partial charge in [-0.05, 0) is 12.1 Å². The Morgan fingerprint density at radius 2 is 2.00 bits per heavy atom. The lowest BCUT2D eigenvalue weighted by atomic mass is 10.1. The number of nitrogens with zero attached hydrogens (tertiary/aromatic N) is 1. The van der Waals surface area contributed by atoms with Gasteiger partial charge in [0.05, 0.1) is 5.52 Å². The van der Waals surface area contributed by atoms with Gasteiger partial charge in [0.25, 0.3) is 0 Å². The minimum atomic E-state index is -0.937. The molecule has 3 heteroatoms. The summed E-state index contributed by atoms with van der Waals surface area (Å²) in [5, 5.41) is 10.2. The summed E-state index contributed by atoms with van der Waals surface area (Å²) in [6, 6.07) is 9.32. The second-order valence-electron chi connectivity index (χ2n) is 2.86. The van der Waals surface area contributed by atoms with Crippen molar-refractivity contribution in [3.8, 4) is 0 Å². The number of rotatable bonds is 1. The normalized spacial score (nSPS) is 13.1. The third-order valence-electron chi connectivity index (χ3n) is 2.00. The number of nitrogens with two attached hydrogens (primary N) is 1. The first kappa shape index (κ1) is 8.16. The molecular weight excluding hydrogens is 164 g/mol. The fourth-order valence-electron chi connectivity index (χ4n) is 1.38. The lowest BCUT2D eigenvalue weighted by molar-refractivity contribution is 0.188. The number of hydrogen-bond donors (Lipinski definition) is 2. The number of aromatic nitrogens is 1. The molecule has 2 rings (SSSR count). The molecular formula is C10H10N2O. The molecule has 1 aromatic heterocycles. The number of hydrogen-bond acceptors (Lipinski definition) is 3. The average Bonchev–Trinajstić information content (AvgIpc) is 2.17. The van der Waals surface area contributed by atoms with E-state index >= 15 is 0 Å². The lowest BCUT2D eigenvalue weighted by Crippen LogP contribution is -2.09. The van der Waals surface area contributed by atoms with Crippen molar-refractivity contribution < 1.29 is 5.11 Å². The van der Waals surface area contributed by atoms with Crippen LogP contribution in [0.2, 0.25) is 0 Å². The maximum absolute atomic E-state index is 9.27. The van der Waals surface area contributed by atoms with Crippen molar-refractivity contribution in [1.82, 2.24) is 4.98 Å². The summed E-state index contributed by atoms with van der Waals surface area (Å²) in [6.07, 6.45) is 0.709. The van der Waals surface area contributed by atoms with Crippen LogP contribution in [0.1, 0.15) is 11.8 Å². The van der Waals surface area contributed by atoms with Crippen LogP contribution in [-0.2, 0) is 0 Å². The smallest absolute Gasteiger partial charge is 0.129 e. The van der Waals surface area contributed by atoms with Crippen molar-refractivity contribution in [3.63, 3.8) is 0 Å². The van der Waals surface area contributed by atoms with Gasteiger partial charge in [-0.15, -0.1) is 0 Å². The molecule has 0 bridgehead atoms. The fraction of sp³-hybridized carbons (Fsp3) is 0.100. The van der Waals surface area contributed by atoms with E-state index in [0.717, 1.165) is 10.9 Å². The molecule has 3 nitrogen and oxygen atoms in total. The second kappa shape index (κ2) is 3.12. The number of para-hydroxylation sites is 1. The third-order valence-corrected chi connectivity index (χ3v) is 2.00. The highest BCUT2D eigenvalue weighted by molar-refractivity contribution is 5.82. The average molecular weight is 174 g/mol. The van der Waals surface area contributed by atoms with Crippen LogP contribution in [0.5, 0.6) is 0 Å². The number of fused-ring (bicyclic) bond motifs is 1. The zero-order chi connectivity index (χ0) is 9.26. The molecule has 1 aromatic carbocycles. The number of pyridine rings is 1. The first-order valence-corrected chi connectivity index (χ1v) is 4.06. The van der Waals surface area contributed by atoms with Crippen LogP contribution in [0.15, 0.2) is 36.5 Å². The Kier molecular flexibility index (Phi) is 1.96. The van der Waals surface area contributed by atoms with E-state index in [4.69, 9.17) is 5.73 Å². The maximum Gasteiger partial charge on any atom is 0.129 e. The van der Waals surface area contributed by atoms with Gasteiger partial charge in [-0.3, -0.25) is 4.98 Å². The van der Waals surface area contributed by atoms with Gasteiger partial charge >= 0.3 is 0 Å². The molecule has 66 valence electrons. The number of benzene rings is 1. The predicted molar refractivity (Wildman–Crippen MR) is 50.9 cm³/mol. The van der Waals surface area contributed by atoms with E-state index in [1.54, 1.807) is 12.3 Å². The third kappa shape index (κ3) is 1.39. The highest BCUT2D eigenvalue weighted by atomic mass is 16.3. The molecule has 0 fully saturated rings. The standard InChI is InChI=1S/C10H10N2O/c11-10(13)8-5-6-12-9-4-2-1-3-7(8)9/h1-6,10,13H,11H2. The molecule has 0 aliphatic carbocycles. The Morgan fingerprint density at radius 1 is 1.23 bits per heavy atom. The molecule has 0 spiro atoms. The van der Waals surface area contributed by atoms with Crippen molar-refractivity contribution in [2.45, 2.75) is 6.23 Å². The molecule has 0 amide bonds. The van der Waals surface area contributed by atoms with Gasteiger partial charge in [-0.1, -0.05) is 18.2 Å². The summed E-state index contributed by atoms with van der Waals surface area (Å²) in [5.74, 6) is 0. The molecule has 1 heterocycles. The highest BCUT2D eigenvalue weighted by Gasteiger charge is 2.05. The molecule has 2 aromatic rings. The topological polar surface area (TPSA) is 59.1 Å². The molecule has 13 heavy (non-hydrogen) atoms. The molecule has 0 aliphatic rings.